The van der Waals surface area contributed by atoms with Gasteiger partial charge in [-0.1, -0.05) is 19.9 Å². The first kappa shape index (κ1) is 13.6. The lowest BCUT2D eigenvalue weighted by Gasteiger charge is -2.08. The molecule has 92 valence electrons. The number of hydrogen-bond donors (Lipinski definition) is 0. The van der Waals surface area contributed by atoms with Crippen LogP contribution in [0.2, 0.25) is 0 Å². The van der Waals surface area contributed by atoms with Gasteiger partial charge in [0.1, 0.15) is 0 Å². The highest BCUT2D eigenvalue weighted by molar-refractivity contribution is 6.12. The molecule has 0 amide bonds. The van der Waals surface area contributed by atoms with Gasteiger partial charge in [-0.25, -0.2) is 4.39 Å². The van der Waals surface area contributed by atoms with Crippen LogP contribution in [0.15, 0.2) is 18.2 Å². The van der Waals surface area contributed by atoms with Gasteiger partial charge in [-0.15, -0.1) is 0 Å². The van der Waals surface area contributed by atoms with Gasteiger partial charge in [0.2, 0.25) is 12.0 Å². The van der Waals surface area contributed by atoms with E-state index < -0.39 is 17.7 Å². The number of aryl methyl sites for hydroxylation is 2. The van der Waals surface area contributed by atoms with Crippen molar-refractivity contribution in [1.82, 2.24) is 0 Å². The maximum atomic E-state index is 13.4. The van der Waals surface area contributed by atoms with Crippen LogP contribution in [0.25, 0.3) is 0 Å². The van der Waals surface area contributed by atoms with Crippen molar-refractivity contribution < 1.29 is 14.0 Å². The third-order valence-electron chi connectivity index (χ3n) is 2.74. The molecule has 17 heavy (non-hydrogen) atoms. The predicted octanol–water partition coefficient (Wildman–Crippen LogP) is 2.92. The molecule has 0 aromatic heterocycles. The van der Waals surface area contributed by atoms with E-state index in [0.717, 1.165) is 30.9 Å². The van der Waals surface area contributed by atoms with E-state index in [1.807, 2.05) is 19.9 Å². The second-order valence-corrected chi connectivity index (χ2v) is 4.08. The van der Waals surface area contributed by atoms with Gasteiger partial charge in [0.15, 0.2) is 5.78 Å². The number of hydrogen-bond acceptors (Lipinski definition) is 2. The Balaban J connectivity index is 3.12. The predicted molar refractivity (Wildman–Crippen MR) is 65.1 cm³/mol. The smallest absolute Gasteiger partial charge is 0.220 e. The maximum absolute atomic E-state index is 13.4. The van der Waals surface area contributed by atoms with E-state index in [-0.39, 0.29) is 0 Å². The first-order valence-corrected chi connectivity index (χ1v) is 5.81. The van der Waals surface area contributed by atoms with Crippen molar-refractivity contribution in [1.29, 1.82) is 0 Å². The Labute approximate surface area is 101 Å². The Morgan fingerprint density at radius 3 is 1.94 bits per heavy atom. The molecule has 3 heteroatoms. The molecule has 0 saturated carbocycles. The maximum Gasteiger partial charge on any atom is 0.220 e. The zero-order valence-electron chi connectivity index (χ0n) is 10.4. The molecule has 1 aromatic carbocycles. The van der Waals surface area contributed by atoms with Crippen LogP contribution < -0.4 is 0 Å². The van der Waals surface area contributed by atoms with E-state index in [9.17, 15) is 14.0 Å². The van der Waals surface area contributed by atoms with Crippen molar-refractivity contribution >= 4 is 11.6 Å². The van der Waals surface area contributed by atoms with Crippen LogP contribution >= 0.6 is 0 Å². The quantitative estimate of drug-likeness (QED) is 0.582. The van der Waals surface area contributed by atoms with Crippen LogP contribution in [0, 0.1) is 0 Å². The topological polar surface area (TPSA) is 34.1 Å². The fourth-order valence-corrected chi connectivity index (χ4v) is 1.64. The van der Waals surface area contributed by atoms with Gasteiger partial charge >= 0.3 is 0 Å². The summed E-state index contributed by atoms with van der Waals surface area (Å²) < 4.78 is 13.4. The number of benzene rings is 1. The SMILES string of the molecule is CCc1cc(CC)cc(C(=O)C(F)C(C)=O)c1. The average molecular weight is 236 g/mol. The van der Waals surface area contributed by atoms with Crippen molar-refractivity contribution in [2.75, 3.05) is 0 Å². The van der Waals surface area contributed by atoms with Crippen LogP contribution in [0.1, 0.15) is 42.3 Å². The third-order valence-corrected chi connectivity index (χ3v) is 2.74. The Hall–Kier alpha value is -1.51. The Bertz CT molecular complexity index is 416. The average Bonchev–Trinajstić information content (AvgIpc) is 2.35. The summed E-state index contributed by atoms with van der Waals surface area (Å²) in [6, 6.07) is 5.33. The molecule has 0 aliphatic rings. The fraction of sp³-hybridized carbons (Fsp3) is 0.429. The summed E-state index contributed by atoms with van der Waals surface area (Å²) >= 11 is 0. The van der Waals surface area contributed by atoms with Crippen LogP contribution in [0.4, 0.5) is 4.39 Å². The van der Waals surface area contributed by atoms with Gasteiger partial charge in [-0.2, -0.15) is 0 Å². The molecular weight excluding hydrogens is 219 g/mol. The largest absolute Gasteiger partial charge is 0.296 e. The summed E-state index contributed by atoms with van der Waals surface area (Å²) in [5.41, 5.74) is 2.27. The van der Waals surface area contributed by atoms with Crippen LogP contribution in [0.3, 0.4) is 0 Å². The third kappa shape index (κ3) is 3.22. The van der Waals surface area contributed by atoms with Gasteiger partial charge in [-0.05, 0) is 43.0 Å². The molecule has 1 aromatic rings. The summed E-state index contributed by atoms with van der Waals surface area (Å²) in [4.78, 5) is 22.6. The van der Waals surface area contributed by atoms with E-state index >= 15 is 0 Å². The van der Waals surface area contributed by atoms with Gasteiger partial charge in [0, 0.05) is 5.56 Å². The van der Waals surface area contributed by atoms with Crippen LogP contribution in [0.5, 0.6) is 0 Å². The number of carbonyl (C=O) groups is 2. The molecule has 0 saturated heterocycles. The standard InChI is InChI=1S/C14H17FO2/c1-4-10-6-11(5-2)8-12(7-10)14(17)13(15)9(3)16/h6-8,13H,4-5H2,1-3H3. The van der Waals surface area contributed by atoms with Gasteiger partial charge in [0.25, 0.3) is 0 Å². The summed E-state index contributed by atoms with van der Waals surface area (Å²) in [7, 11) is 0. The first-order valence-electron chi connectivity index (χ1n) is 5.81. The fourth-order valence-electron chi connectivity index (χ4n) is 1.64. The van der Waals surface area contributed by atoms with Gasteiger partial charge in [-0.3, -0.25) is 9.59 Å². The number of Topliss-reactive ketones (excluding diaryl/α,β-unsaturated/α-hetero) is 2. The number of rotatable bonds is 5. The Morgan fingerprint density at radius 2 is 1.59 bits per heavy atom. The number of ketones is 2. The molecular formula is C14H17FO2. The van der Waals surface area contributed by atoms with Crippen molar-refractivity contribution in [3.05, 3.63) is 34.9 Å². The minimum absolute atomic E-state index is 0.295. The van der Waals surface area contributed by atoms with Gasteiger partial charge < -0.3 is 0 Å². The molecule has 0 spiro atoms. The molecule has 1 atom stereocenters. The lowest BCUT2D eigenvalue weighted by molar-refractivity contribution is -0.120. The number of carbonyl (C=O) groups excluding carboxylic acids is 2. The molecule has 2 nitrogen and oxygen atoms in total. The van der Waals surface area contributed by atoms with Crippen LogP contribution in [-0.2, 0) is 17.6 Å². The minimum atomic E-state index is -2.04. The zero-order chi connectivity index (χ0) is 13.0. The second kappa shape index (κ2) is 5.71. The summed E-state index contributed by atoms with van der Waals surface area (Å²) in [6.45, 7) is 5.04. The molecule has 0 aliphatic heterocycles. The van der Waals surface area contributed by atoms with Crippen molar-refractivity contribution in [3.8, 4) is 0 Å². The second-order valence-electron chi connectivity index (χ2n) is 4.08. The van der Waals surface area contributed by atoms with Crippen LogP contribution in [-0.4, -0.2) is 17.7 Å². The highest BCUT2D eigenvalue weighted by Gasteiger charge is 2.24. The van der Waals surface area contributed by atoms with Crippen molar-refractivity contribution in [2.45, 2.75) is 39.8 Å². The highest BCUT2D eigenvalue weighted by atomic mass is 19.1. The van der Waals surface area contributed by atoms with Crippen molar-refractivity contribution in [2.24, 2.45) is 0 Å². The van der Waals surface area contributed by atoms with E-state index in [4.69, 9.17) is 0 Å². The molecule has 0 heterocycles. The molecule has 0 bridgehead atoms. The zero-order valence-corrected chi connectivity index (χ0v) is 10.4. The van der Waals surface area contributed by atoms with E-state index in [0.29, 0.717) is 5.56 Å². The van der Waals surface area contributed by atoms with E-state index in [1.165, 1.54) is 0 Å². The van der Waals surface area contributed by atoms with Gasteiger partial charge in [0.05, 0.1) is 0 Å². The van der Waals surface area contributed by atoms with E-state index in [1.54, 1.807) is 12.1 Å². The highest BCUT2D eigenvalue weighted by Crippen LogP contribution is 2.15. The molecule has 1 unspecified atom stereocenters. The Kier molecular flexibility index (Phi) is 4.55. The Morgan fingerprint density at radius 1 is 1.12 bits per heavy atom. The summed E-state index contributed by atoms with van der Waals surface area (Å²) in [6.07, 6.45) is -0.470. The molecule has 0 aliphatic carbocycles. The minimum Gasteiger partial charge on any atom is -0.296 e. The van der Waals surface area contributed by atoms with E-state index in [2.05, 4.69) is 0 Å². The molecule has 0 radical (unpaired) electrons. The first-order chi connectivity index (χ1) is 7.99. The summed E-state index contributed by atoms with van der Waals surface area (Å²) in [5, 5.41) is 0. The molecule has 0 fully saturated rings. The molecule has 1 rings (SSSR count). The summed E-state index contributed by atoms with van der Waals surface area (Å²) in [5.74, 6) is -1.47. The van der Waals surface area contributed by atoms with Crippen molar-refractivity contribution in [3.63, 3.8) is 0 Å². The molecule has 0 N–H and O–H groups in total. The monoisotopic (exact) mass is 236 g/mol. The normalized spacial score (nSPS) is 12.2. The lowest BCUT2D eigenvalue weighted by atomic mass is 9.97. The lowest BCUT2D eigenvalue weighted by Crippen LogP contribution is -2.23. The number of halogens is 1. The number of alkyl halides is 1.